The lowest BCUT2D eigenvalue weighted by Crippen LogP contribution is -2.16. The highest BCUT2D eigenvalue weighted by Crippen LogP contribution is 2.53. The van der Waals surface area contributed by atoms with Crippen LogP contribution in [-0.2, 0) is 0 Å². The second kappa shape index (κ2) is 9.67. The number of nitrogens with two attached hydrogens (primary N) is 2. The normalized spacial score (nSPS) is 14.2. The van der Waals surface area contributed by atoms with Gasteiger partial charge in [-0.3, -0.25) is 9.98 Å². The predicted octanol–water partition coefficient (Wildman–Crippen LogP) is 5.08. The average Bonchev–Trinajstić information content (AvgIpc) is 3.18. The zero-order chi connectivity index (χ0) is 23.5. The molecule has 1 aromatic heterocycles. The van der Waals surface area contributed by atoms with Gasteiger partial charge in [0.1, 0.15) is 24.9 Å². The summed E-state index contributed by atoms with van der Waals surface area (Å²) in [6.45, 7) is 9.10. The minimum absolute atomic E-state index is 0.153. The van der Waals surface area contributed by atoms with Gasteiger partial charge in [0.05, 0.1) is 9.75 Å². The van der Waals surface area contributed by atoms with Crippen LogP contribution in [0.1, 0.15) is 38.8 Å². The van der Waals surface area contributed by atoms with Crippen LogP contribution in [0.5, 0.6) is 11.5 Å². The lowest BCUT2D eigenvalue weighted by atomic mass is 10.1. The summed E-state index contributed by atoms with van der Waals surface area (Å²) in [5, 5.41) is 0. The summed E-state index contributed by atoms with van der Waals surface area (Å²) < 4.78 is 12.1. The molecule has 1 aliphatic heterocycles. The monoisotopic (exact) mass is 462 g/mol. The molecular weight excluding hydrogens is 432 g/mol. The first kappa shape index (κ1) is 22.9. The molecule has 0 atom stereocenters. The van der Waals surface area contributed by atoms with E-state index in [4.69, 9.17) is 20.9 Å². The highest BCUT2D eigenvalue weighted by atomic mass is 32.1. The van der Waals surface area contributed by atoms with Gasteiger partial charge in [-0.2, -0.15) is 0 Å². The third-order valence-electron chi connectivity index (χ3n) is 5.08. The minimum Gasteiger partial charge on any atom is -0.485 e. The van der Waals surface area contributed by atoms with Crippen molar-refractivity contribution in [1.82, 2.24) is 0 Å². The van der Waals surface area contributed by atoms with E-state index in [-0.39, 0.29) is 12.1 Å². The molecule has 4 N–H and O–H groups in total. The third kappa shape index (κ3) is 5.03. The quantitative estimate of drug-likeness (QED) is 0.394. The van der Waals surface area contributed by atoms with E-state index < -0.39 is 0 Å². The Kier molecular flexibility index (Phi) is 6.70. The summed E-state index contributed by atoms with van der Waals surface area (Å²) in [5.74, 6) is 2.68. The van der Waals surface area contributed by atoms with Crippen LogP contribution >= 0.6 is 11.3 Å². The highest BCUT2D eigenvalue weighted by molar-refractivity contribution is 7.19. The van der Waals surface area contributed by atoms with Gasteiger partial charge in [-0.1, -0.05) is 48.5 Å². The van der Waals surface area contributed by atoms with Crippen molar-refractivity contribution in [2.24, 2.45) is 21.5 Å². The summed E-state index contributed by atoms with van der Waals surface area (Å²) in [7, 11) is 0. The minimum atomic E-state index is 0.153. The van der Waals surface area contributed by atoms with Gasteiger partial charge in [0.25, 0.3) is 0 Å². The smallest absolute Gasteiger partial charge is 0.180 e. The molecule has 0 aliphatic carbocycles. The molecule has 1 aliphatic rings. The molecule has 0 radical (unpaired) electrons. The highest BCUT2D eigenvalue weighted by Gasteiger charge is 2.26. The topological polar surface area (TPSA) is 95.2 Å². The number of hydrogen-bond donors (Lipinski definition) is 2. The van der Waals surface area contributed by atoms with E-state index in [1.54, 1.807) is 11.3 Å². The molecule has 33 heavy (non-hydrogen) atoms. The largest absolute Gasteiger partial charge is 0.485 e. The maximum absolute atomic E-state index is 6.13. The number of rotatable bonds is 6. The Morgan fingerprint density at radius 1 is 0.697 bits per heavy atom. The van der Waals surface area contributed by atoms with Crippen molar-refractivity contribution in [3.05, 3.63) is 59.7 Å². The number of ether oxygens (including phenoxy) is 2. The fraction of sp³-hybridized carbons (Fsp3) is 0.308. The molecule has 0 spiro atoms. The van der Waals surface area contributed by atoms with Crippen molar-refractivity contribution in [2.75, 3.05) is 13.2 Å². The molecule has 0 fully saturated rings. The van der Waals surface area contributed by atoms with Crippen LogP contribution in [0.3, 0.4) is 0 Å². The summed E-state index contributed by atoms with van der Waals surface area (Å²) in [6, 6.07) is 16.5. The molecule has 0 saturated heterocycles. The second-order valence-corrected chi connectivity index (χ2v) is 9.51. The van der Waals surface area contributed by atoms with Crippen molar-refractivity contribution < 1.29 is 9.47 Å². The molecule has 0 saturated carbocycles. The zero-order valence-corrected chi connectivity index (χ0v) is 20.3. The number of aliphatic imine (C=N–C) groups is 2. The van der Waals surface area contributed by atoms with E-state index >= 15 is 0 Å². The van der Waals surface area contributed by atoms with E-state index in [1.807, 2.05) is 52.0 Å². The van der Waals surface area contributed by atoms with E-state index in [9.17, 15) is 0 Å². The molecule has 2 heterocycles. The van der Waals surface area contributed by atoms with Crippen LogP contribution in [0.25, 0.3) is 20.9 Å². The van der Waals surface area contributed by atoms with E-state index in [1.165, 1.54) is 0 Å². The molecule has 0 bridgehead atoms. The first-order valence-corrected chi connectivity index (χ1v) is 12.0. The molecule has 0 unspecified atom stereocenters. The van der Waals surface area contributed by atoms with Crippen LogP contribution in [0.4, 0.5) is 0 Å². The van der Waals surface area contributed by atoms with Crippen LogP contribution in [0.2, 0.25) is 0 Å². The Morgan fingerprint density at radius 2 is 1.06 bits per heavy atom. The molecule has 172 valence electrons. The summed E-state index contributed by atoms with van der Waals surface area (Å²) in [6.07, 6.45) is 0. The van der Waals surface area contributed by atoms with Crippen molar-refractivity contribution in [3.63, 3.8) is 0 Å². The second-order valence-electron chi connectivity index (χ2n) is 8.49. The van der Waals surface area contributed by atoms with Gasteiger partial charge < -0.3 is 20.9 Å². The van der Waals surface area contributed by atoms with Crippen LogP contribution in [0, 0.1) is 0 Å². The first-order valence-electron chi connectivity index (χ1n) is 11.1. The summed E-state index contributed by atoms with van der Waals surface area (Å²) in [5.41, 5.74) is 16.2. The zero-order valence-electron chi connectivity index (χ0n) is 19.5. The Bertz CT molecular complexity index is 1080. The van der Waals surface area contributed by atoms with Crippen LogP contribution in [-0.4, -0.2) is 37.0 Å². The average molecular weight is 463 g/mol. The van der Waals surface area contributed by atoms with Crippen molar-refractivity contribution in [1.29, 1.82) is 0 Å². The number of fused-ring (bicyclic) bond motifs is 1. The number of thiophene rings is 1. The third-order valence-corrected chi connectivity index (χ3v) is 6.33. The Balaban J connectivity index is 1.70. The van der Waals surface area contributed by atoms with Gasteiger partial charge in [0.2, 0.25) is 0 Å². The van der Waals surface area contributed by atoms with Crippen LogP contribution < -0.4 is 20.9 Å². The molecule has 3 aromatic rings. The van der Waals surface area contributed by atoms with Gasteiger partial charge in [-0.05, 0) is 38.8 Å². The number of benzene rings is 2. The van der Waals surface area contributed by atoms with Gasteiger partial charge in [-0.25, -0.2) is 0 Å². The number of amidine groups is 2. The Labute approximate surface area is 199 Å². The fourth-order valence-electron chi connectivity index (χ4n) is 3.62. The van der Waals surface area contributed by atoms with Crippen molar-refractivity contribution >= 4 is 23.0 Å². The molecule has 0 amide bonds. The van der Waals surface area contributed by atoms with Crippen molar-refractivity contribution in [3.8, 4) is 32.4 Å². The van der Waals surface area contributed by atoms with Crippen LogP contribution in [0.15, 0.2) is 58.5 Å². The van der Waals surface area contributed by atoms with E-state index in [0.717, 1.165) is 43.5 Å². The van der Waals surface area contributed by atoms with Gasteiger partial charge in [0, 0.05) is 23.2 Å². The van der Waals surface area contributed by atoms with Crippen molar-refractivity contribution in [2.45, 2.75) is 39.8 Å². The van der Waals surface area contributed by atoms with Gasteiger partial charge in [-0.15, -0.1) is 11.3 Å². The summed E-state index contributed by atoms with van der Waals surface area (Å²) >= 11 is 1.66. The SMILES string of the molecule is CC(C)N=C(N)c1ccc(-c2sc(-c3ccc(C(N)=NC(C)C)cc3)c3c2OCCO3)cc1. The predicted molar refractivity (Wildman–Crippen MR) is 138 cm³/mol. The van der Waals surface area contributed by atoms with Gasteiger partial charge >= 0.3 is 0 Å². The molecule has 4 rings (SSSR count). The molecule has 6 nitrogen and oxygen atoms in total. The first-order chi connectivity index (χ1) is 15.8. The fourth-order valence-corrected chi connectivity index (χ4v) is 4.82. The maximum atomic E-state index is 6.13. The summed E-state index contributed by atoms with van der Waals surface area (Å²) in [4.78, 5) is 10.9. The lowest BCUT2D eigenvalue weighted by molar-refractivity contribution is 0.175. The maximum Gasteiger partial charge on any atom is 0.180 e. The molecule has 7 heteroatoms. The van der Waals surface area contributed by atoms with E-state index in [2.05, 4.69) is 34.3 Å². The van der Waals surface area contributed by atoms with Gasteiger partial charge in [0.15, 0.2) is 11.5 Å². The standard InChI is InChI=1S/C26H30N4O2S/c1-15(2)29-25(27)19-9-5-17(6-10-19)23-21-22(32-14-13-31-21)24(33-23)18-7-11-20(12-8-18)26(28)30-16(3)4/h5-12,15-16H,13-14H2,1-4H3,(H2,27,29)(H2,28,30). The number of hydrogen-bond acceptors (Lipinski definition) is 5. The Morgan fingerprint density at radius 3 is 1.39 bits per heavy atom. The number of nitrogens with zero attached hydrogens (tertiary/aromatic N) is 2. The molecule has 2 aromatic carbocycles. The van der Waals surface area contributed by atoms with E-state index in [0.29, 0.717) is 24.9 Å². The lowest BCUT2D eigenvalue weighted by Gasteiger charge is -2.17. The Hall–Kier alpha value is -3.32. The molecular formula is C26H30N4O2S.